The van der Waals surface area contributed by atoms with Crippen molar-refractivity contribution in [1.29, 1.82) is 0 Å². The van der Waals surface area contributed by atoms with Crippen LogP contribution in [0.5, 0.6) is 0 Å². The Morgan fingerprint density at radius 2 is 1.73 bits per heavy atom. The lowest BCUT2D eigenvalue weighted by molar-refractivity contribution is 1.42. The second-order valence-electron chi connectivity index (χ2n) is 4.96. The Bertz CT molecular complexity index is 775. The monoisotopic (exact) mass is 287 g/mol. The van der Waals surface area contributed by atoms with Crippen LogP contribution in [0.3, 0.4) is 0 Å². The Morgan fingerprint density at radius 3 is 2.36 bits per heavy atom. The zero-order valence-electron chi connectivity index (χ0n) is 13.0. The first-order chi connectivity index (χ1) is 10.7. The third kappa shape index (κ3) is 3.64. The Balaban J connectivity index is 2.29. The van der Waals surface area contributed by atoms with Crippen molar-refractivity contribution in [3.8, 4) is 0 Å². The number of rotatable bonds is 6. The lowest BCUT2D eigenvalue weighted by atomic mass is 10.1. The molecule has 0 saturated heterocycles. The molecule has 0 atom stereocenters. The molecule has 2 aromatic rings. The molecule has 0 spiro atoms. The van der Waals surface area contributed by atoms with Gasteiger partial charge in [-0.2, -0.15) is 0 Å². The van der Waals surface area contributed by atoms with E-state index in [4.69, 9.17) is 0 Å². The molecule has 110 valence electrons. The van der Waals surface area contributed by atoms with E-state index in [1.165, 1.54) is 10.8 Å². The summed E-state index contributed by atoms with van der Waals surface area (Å²) in [6.07, 6.45) is 7.56. The van der Waals surface area contributed by atoms with Crippen molar-refractivity contribution < 1.29 is 0 Å². The SMILES string of the molecule is C=CC(=C)/C(C=C)=C\C(=C/C)Nc1ccc2ccccc2c1. The fourth-order valence-electron chi connectivity index (χ4n) is 2.19. The Morgan fingerprint density at radius 1 is 1.00 bits per heavy atom. The van der Waals surface area contributed by atoms with Crippen LogP contribution in [0.4, 0.5) is 5.69 Å². The van der Waals surface area contributed by atoms with Gasteiger partial charge in [0.05, 0.1) is 0 Å². The maximum absolute atomic E-state index is 3.97. The van der Waals surface area contributed by atoms with E-state index >= 15 is 0 Å². The molecule has 0 radical (unpaired) electrons. The molecule has 1 N–H and O–H groups in total. The highest BCUT2D eigenvalue weighted by atomic mass is 14.9. The van der Waals surface area contributed by atoms with E-state index in [9.17, 15) is 0 Å². The van der Waals surface area contributed by atoms with Gasteiger partial charge in [0, 0.05) is 11.4 Å². The number of hydrogen-bond donors (Lipinski definition) is 1. The summed E-state index contributed by atoms with van der Waals surface area (Å²) in [5, 5.41) is 5.87. The summed E-state index contributed by atoms with van der Waals surface area (Å²) in [4.78, 5) is 0. The number of benzene rings is 2. The van der Waals surface area contributed by atoms with Gasteiger partial charge in [-0.25, -0.2) is 0 Å². The quantitative estimate of drug-likeness (QED) is 0.641. The highest BCUT2D eigenvalue weighted by Crippen LogP contribution is 2.21. The zero-order valence-corrected chi connectivity index (χ0v) is 13.0. The first-order valence-electron chi connectivity index (χ1n) is 7.26. The van der Waals surface area contributed by atoms with Crippen LogP contribution in [0.1, 0.15) is 6.92 Å². The van der Waals surface area contributed by atoms with E-state index in [1.807, 2.05) is 31.2 Å². The van der Waals surface area contributed by atoms with Crippen LogP contribution < -0.4 is 5.32 Å². The van der Waals surface area contributed by atoms with Crippen molar-refractivity contribution in [2.75, 3.05) is 5.32 Å². The smallest absolute Gasteiger partial charge is 0.0390 e. The molecule has 0 aromatic heterocycles. The Kier molecular flexibility index (Phi) is 5.16. The molecule has 2 aromatic carbocycles. The van der Waals surface area contributed by atoms with E-state index in [1.54, 1.807) is 12.2 Å². The lowest BCUT2D eigenvalue weighted by Crippen LogP contribution is -1.98. The molecule has 0 fully saturated rings. The van der Waals surface area contributed by atoms with Crippen molar-refractivity contribution in [3.05, 3.63) is 103 Å². The molecule has 0 aliphatic rings. The minimum absolute atomic E-state index is 0.856. The summed E-state index contributed by atoms with van der Waals surface area (Å²) in [6, 6.07) is 14.7. The van der Waals surface area contributed by atoms with Gasteiger partial charge in [-0.15, -0.1) is 0 Å². The van der Waals surface area contributed by atoms with Gasteiger partial charge in [0.25, 0.3) is 0 Å². The average Bonchev–Trinajstić information content (AvgIpc) is 2.57. The van der Waals surface area contributed by atoms with Crippen LogP contribution in [0.2, 0.25) is 0 Å². The summed E-state index contributed by atoms with van der Waals surface area (Å²) < 4.78 is 0. The molecule has 0 bridgehead atoms. The van der Waals surface area contributed by atoms with E-state index in [0.717, 1.165) is 22.5 Å². The van der Waals surface area contributed by atoms with Crippen molar-refractivity contribution in [2.24, 2.45) is 0 Å². The molecular weight excluding hydrogens is 266 g/mol. The molecule has 0 aliphatic carbocycles. The van der Waals surface area contributed by atoms with Crippen molar-refractivity contribution in [2.45, 2.75) is 6.92 Å². The van der Waals surface area contributed by atoms with Crippen molar-refractivity contribution in [1.82, 2.24) is 0 Å². The number of allylic oxidation sites excluding steroid dienone is 6. The largest absolute Gasteiger partial charge is 0.356 e. The molecular formula is C21H21N. The molecule has 1 heteroatoms. The van der Waals surface area contributed by atoms with Gasteiger partial charge in [-0.3, -0.25) is 0 Å². The third-order valence-corrected chi connectivity index (χ3v) is 3.50. The normalized spacial score (nSPS) is 12.0. The minimum atomic E-state index is 0.856. The standard InChI is InChI=1S/C21H21N/c1-5-16(4)17(6-2)14-20(7-3)22-21-13-12-18-10-8-9-11-19(18)15-21/h5-15,22H,1-2,4H2,3H3/b17-14-,20-7+. The van der Waals surface area contributed by atoms with Gasteiger partial charge in [-0.05, 0) is 47.1 Å². The fourth-order valence-corrected chi connectivity index (χ4v) is 2.19. The highest BCUT2D eigenvalue weighted by molar-refractivity contribution is 5.86. The molecule has 1 nitrogen and oxygen atoms in total. The summed E-state index contributed by atoms with van der Waals surface area (Å²) in [5.74, 6) is 0. The molecule has 0 saturated carbocycles. The molecule has 22 heavy (non-hydrogen) atoms. The van der Waals surface area contributed by atoms with E-state index in [2.05, 4.69) is 55.4 Å². The third-order valence-electron chi connectivity index (χ3n) is 3.50. The second-order valence-corrected chi connectivity index (χ2v) is 4.96. The average molecular weight is 287 g/mol. The Labute approximate surface area is 132 Å². The summed E-state index contributed by atoms with van der Waals surface area (Å²) in [6.45, 7) is 13.6. The predicted molar refractivity (Wildman–Crippen MR) is 98.9 cm³/mol. The van der Waals surface area contributed by atoms with Crippen LogP contribution in [-0.4, -0.2) is 0 Å². The van der Waals surface area contributed by atoms with Crippen LogP contribution in [0, 0.1) is 0 Å². The zero-order chi connectivity index (χ0) is 15.9. The van der Waals surface area contributed by atoms with Crippen LogP contribution in [-0.2, 0) is 0 Å². The van der Waals surface area contributed by atoms with Gasteiger partial charge in [0.15, 0.2) is 0 Å². The first kappa shape index (κ1) is 15.6. The topological polar surface area (TPSA) is 12.0 Å². The fraction of sp³-hybridized carbons (Fsp3) is 0.0476. The number of nitrogens with one attached hydrogen (secondary N) is 1. The van der Waals surface area contributed by atoms with Crippen LogP contribution in [0.25, 0.3) is 10.8 Å². The minimum Gasteiger partial charge on any atom is -0.356 e. The lowest BCUT2D eigenvalue weighted by Gasteiger charge is -2.10. The molecule has 0 aliphatic heterocycles. The van der Waals surface area contributed by atoms with Crippen LogP contribution >= 0.6 is 0 Å². The Hall–Kier alpha value is -2.80. The summed E-state index contributed by atoms with van der Waals surface area (Å²) >= 11 is 0. The predicted octanol–water partition coefficient (Wildman–Crippen LogP) is 6.01. The highest BCUT2D eigenvalue weighted by Gasteiger charge is 2.00. The first-order valence-corrected chi connectivity index (χ1v) is 7.26. The van der Waals surface area contributed by atoms with Gasteiger partial charge in [-0.1, -0.05) is 68.3 Å². The maximum atomic E-state index is 3.97. The molecule has 2 rings (SSSR count). The number of anilines is 1. The van der Waals surface area contributed by atoms with Gasteiger partial charge >= 0.3 is 0 Å². The van der Waals surface area contributed by atoms with E-state index in [0.29, 0.717) is 0 Å². The number of hydrogen-bond acceptors (Lipinski definition) is 1. The molecule has 0 amide bonds. The van der Waals surface area contributed by atoms with E-state index < -0.39 is 0 Å². The molecule has 0 heterocycles. The van der Waals surface area contributed by atoms with Gasteiger partial charge in [0.2, 0.25) is 0 Å². The van der Waals surface area contributed by atoms with Crippen molar-refractivity contribution in [3.63, 3.8) is 0 Å². The summed E-state index contributed by atoms with van der Waals surface area (Å²) in [7, 11) is 0. The van der Waals surface area contributed by atoms with Crippen molar-refractivity contribution >= 4 is 16.5 Å². The van der Waals surface area contributed by atoms with E-state index in [-0.39, 0.29) is 0 Å². The van der Waals surface area contributed by atoms with Gasteiger partial charge < -0.3 is 5.32 Å². The second kappa shape index (κ2) is 7.28. The van der Waals surface area contributed by atoms with Gasteiger partial charge in [0.1, 0.15) is 0 Å². The maximum Gasteiger partial charge on any atom is 0.0390 e. The molecule has 0 unspecified atom stereocenters. The van der Waals surface area contributed by atoms with Crippen LogP contribution in [0.15, 0.2) is 103 Å². The summed E-state index contributed by atoms with van der Waals surface area (Å²) in [5.41, 5.74) is 3.86. The number of fused-ring (bicyclic) bond motifs is 1.